The zero-order valence-corrected chi connectivity index (χ0v) is 10.7. The van der Waals surface area contributed by atoms with E-state index >= 15 is 0 Å². The van der Waals surface area contributed by atoms with E-state index in [1.165, 1.54) is 23.8 Å². The Kier molecular flexibility index (Phi) is 3.79. The number of pyridine rings is 1. The van der Waals surface area contributed by atoms with Crippen molar-refractivity contribution in [3.05, 3.63) is 30.1 Å². The number of fused-ring (bicyclic) bond motifs is 1. The average Bonchev–Trinajstić information content (AvgIpc) is 2.65. The molecule has 2 rings (SSSR count). The third-order valence-electron chi connectivity index (χ3n) is 3.01. The second-order valence-corrected chi connectivity index (χ2v) is 4.76. The lowest BCUT2D eigenvalue weighted by molar-refractivity contribution is 0.642. The molecule has 0 aliphatic carbocycles. The number of rotatable bonds is 5. The second-order valence-electron chi connectivity index (χ2n) is 4.76. The number of aryl methyl sites for hydroxylation is 1. The quantitative estimate of drug-likeness (QED) is 0.860. The summed E-state index contributed by atoms with van der Waals surface area (Å²) in [6, 6.07) is 4.33. The van der Waals surface area contributed by atoms with Gasteiger partial charge in [0, 0.05) is 30.4 Å². The van der Waals surface area contributed by atoms with Crippen LogP contribution in [-0.4, -0.2) is 15.6 Å². The third-order valence-corrected chi connectivity index (χ3v) is 3.01. The molecular weight excluding hydrogens is 210 g/mol. The molecule has 0 spiro atoms. The van der Waals surface area contributed by atoms with Gasteiger partial charge in [0.05, 0.1) is 0 Å². The van der Waals surface area contributed by atoms with E-state index in [4.69, 9.17) is 5.73 Å². The molecule has 92 valence electrons. The molecule has 2 aromatic rings. The number of nitrogens with zero attached hydrogens (tertiary/aromatic N) is 2. The molecule has 2 aromatic heterocycles. The van der Waals surface area contributed by atoms with E-state index in [1.54, 1.807) is 0 Å². The van der Waals surface area contributed by atoms with Crippen LogP contribution >= 0.6 is 0 Å². The Balaban J connectivity index is 2.39. The van der Waals surface area contributed by atoms with Crippen molar-refractivity contribution in [3.63, 3.8) is 0 Å². The Hall–Kier alpha value is -1.35. The smallest absolute Gasteiger partial charge is 0.140 e. The molecular formula is C14H21N3. The van der Waals surface area contributed by atoms with Gasteiger partial charge in [0.1, 0.15) is 5.65 Å². The summed E-state index contributed by atoms with van der Waals surface area (Å²) in [6.07, 6.45) is 7.39. The minimum absolute atomic E-state index is 0.195. The Labute approximate surface area is 103 Å². The lowest BCUT2D eigenvalue weighted by Gasteiger charge is -2.02. The third kappa shape index (κ3) is 2.67. The first-order valence-corrected chi connectivity index (χ1v) is 6.40. The van der Waals surface area contributed by atoms with Crippen LogP contribution in [0.15, 0.2) is 24.5 Å². The monoisotopic (exact) mass is 231 g/mol. The van der Waals surface area contributed by atoms with Gasteiger partial charge >= 0.3 is 0 Å². The van der Waals surface area contributed by atoms with E-state index in [9.17, 15) is 0 Å². The highest BCUT2D eigenvalue weighted by atomic mass is 15.0. The van der Waals surface area contributed by atoms with E-state index in [2.05, 4.69) is 28.7 Å². The van der Waals surface area contributed by atoms with Gasteiger partial charge in [-0.25, -0.2) is 4.98 Å². The molecule has 0 aliphatic heterocycles. The normalized spacial score (nSPS) is 13.1. The fourth-order valence-corrected chi connectivity index (χ4v) is 2.20. The first-order valence-electron chi connectivity index (χ1n) is 6.40. The van der Waals surface area contributed by atoms with Gasteiger partial charge in [0.25, 0.3) is 0 Å². The number of aromatic nitrogens is 2. The van der Waals surface area contributed by atoms with Gasteiger partial charge in [-0.05, 0) is 37.5 Å². The van der Waals surface area contributed by atoms with Crippen molar-refractivity contribution >= 4 is 11.0 Å². The van der Waals surface area contributed by atoms with Gasteiger partial charge in [-0.1, -0.05) is 13.3 Å². The summed E-state index contributed by atoms with van der Waals surface area (Å²) in [6.45, 7) is 5.30. The van der Waals surface area contributed by atoms with Crippen molar-refractivity contribution in [1.82, 2.24) is 9.55 Å². The van der Waals surface area contributed by atoms with Crippen molar-refractivity contribution in [2.24, 2.45) is 5.73 Å². The highest BCUT2D eigenvalue weighted by Crippen LogP contribution is 2.21. The van der Waals surface area contributed by atoms with Gasteiger partial charge in [-0.15, -0.1) is 0 Å². The molecule has 0 aliphatic rings. The van der Waals surface area contributed by atoms with E-state index in [0.29, 0.717) is 0 Å². The van der Waals surface area contributed by atoms with Crippen LogP contribution in [0.3, 0.4) is 0 Å². The number of hydrogen-bond donors (Lipinski definition) is 1. The molecule has 3 heteroatoms. The van der Waals surface area contributed by atoms with Crippen molar-refractivity contribution < 1.29 is 0 Å². The van der Waals surface area contributed by atoms with Gasteiger partial charge < -0.3 is 10.3 Å². The zero-order valence-electron chi connectivity index (χ0n) is 10.7. The van der Waals surface area contributed by atoms with Crippen LogP contribution in [0.2, 0.25) is 0 Å². The van der Waals surface area contributed by atoms with Crippen LogP contribution in [0.4, 0.5) is 0 Å². The fraction of sp³-hybridized carbons (Fsp3) is 0.500. The molecule has 0 amide bonds. The summed E-state index contributed by atoms with van der Waals surface area (Å²) in [5, 5.41) is 1.25. The largest absolute Gasteiger partial charge is 0.332 e. The summed E-state index contributed by atoms with van der Waals surface area (Å²) in [7, 11) is 0. The molecule has 0 aromatic carbocycles. The summed E-state index contributed by atoms with van der Waals surface area (Å²) in [5.74, 6) is 0. The molecule has 1 atom stereocenters. The molecule has 0 saturated carbocycles. The Morgan fingerprint density at radius 1 is 1.47 bits per heavy atom. The number of unbranched alkanes of at least 4 members (excludes halogenated alkanes) is 1. The summed E-state index contributed by atoms with van der Waals surface area (Å²) in [4.78, 5) is 4.48. The lowest BCUT2D eigenvalue weighted by atomic mass is 10.1. The molecule has 2 N–H and O–H groups in total. The molecule has 0 fully saturated rings. The average molecular weight is 231 g/mol. The Bertz CT molecular complexity index is 485. The predicted octanol–water partition coefficient (Wildman–Crippen LogP) is 2.73. The van der Waals surface area contributed by atoms with Crippen molar-refractivity contribution in [1.29, 1.82) is 0 Å². The first kappa shape index (κ1) is 12.1. The maximum Gasteiger partial charge on any atom is 0.140 e. The summed E-state index contributed by atoms with van der Waals surface area (Å²) >= 11 is 0. The molecule has 3 nitrogen and oxygen atoms in total. The van der Waals surface area contributed by atoms with Gasteiger partial charge in [-0.2, -0.15) is 0 Å². The Morgan fingerprint density at radius 3 is 3.00 bits per heavy atom. The molecule has 0 saturated heterocycles. The van der Waals surface area contributed by atoms with Gasteiger partial charge in [-0.3, -0.25) is 0 Å². The van der Waals surface area contributed by atoms with Crippen molar-refractivity contribution in [2.75, 3.05) is 0 Å². The van der Waals surface area contributed by atoms with Crippen molar-refractivity contribution in [3.8, 4) is 0 Å². The van der Waals surface area contributed by atoms with Crippen LogP contribution in [0.5, 0.6) is 0 Å². The van der Waals surface area contributed by atoms with Crippen LogP contribution < -0.4 is 5.73 Å². The molecule has 17 heavy (non-hydrogen) atoms. The standard InChI is InChI=1S/C14H21N3/c1-3-4-8-17-10-12(9-11(2)15)13-6-5-7-16-14(13)17/h5-7,10-11H,3-4,8-9,15H2,1-2H3. The SMILES string of the molecule is CCCCn1cc(CC(C)N)c2cccnc21. The minimum atomic E-state index is 0.195. The van der Waals surface area contributed by atoms with Crippen molar-refractivity contribution in [2.45, 2.75) is 45.7 Å². The number of nitrogens with two attached hydrogens (primary N) is 1. The van der Waals surface area contributed by atoms with E-state index in [1.807, 2.05) is 19.2 Å². The van der Waals surface area contributed by atoms with Gasteiger partial charge in [0.15, 0.2) is 0 Å². The molecule has 1 unspecified atom stereocenters. The molecule has 2 heterocycles. The predicted molar refractivity (Wildman–Crippen MR) is 72.0 cm³/mol. The minimum Gasteiger partial charge on any atom is -0.332 e. The highest BCUT2D eigenvalue weighted by Gasteiger charge is 2.10. The maximum absolute atomic E-state index is 5.90. The topological polar surface area (TPSA) is 43.8 Å². The van der Waals surface area contributed by atoms with Crippen LogP contribution in [0.1, 0.15) is 32.3 Å². The van der Waals surface area contributed by atoms with E-state index in [-0.39, 0.29) is 6.04 Å². The van der Waals surface area contributed by atoms with E-state index in [0.717, 1.165) is 18.6 Å². The highest BCUT2D eigenvalue weighted by molar-refractivity contribution is 5.80. The molecule has 0 radical (unpaired) electrons. The zero-order chi connectivity index (χ0) is 12.3. The fourth-order valence-electron chi connectivity index (χ4n) is 2.20. The van der Waals surface area contributed by atoms with E-state index < -0.39 is 0 Å². The maximum atomic E-state index is 5.90. The second kappa shape index (κ2) is 5.32. The van der Waals surface area contributed by atoms with Crippen LogP contribution in [0, 0.1) is 0 Å². The lowest BCUT2D eigenvalue weighted by Crippen LogP contribution is -2.17. The summed E-state index contributed by atoms with van der Waals surface area (Å²) in [5.41, 5.74) is 8.31. The Morgan fingerprint density at radius 2 is 2.29 bits per heavy atom. The van der Waals surface area contributed by atoms with Crippen LogP contribution in [0.25, 0.3) is 11.0 Å². The number of hydrogen-bond acceptors (Lipinski definition) is 2. The van der Waals surface area contributed by atoms with Crippen LogP contribution in [-0.2, 0) is 13.0 Å². The first-order chi connectivity index (χ1) is 8.22. The van der Waals surface area contributed by atoms with Gasteiger partial charge in [0.2, 0.25) is 0 Å². The molecule has 0 bridgehead atoms. The summed E-state index contributed by atoms with van der Waals surface area (Å²) < 4.78 is 2.26.